The molecule has 0 spiro atoms. The number of aromatic nitrogens is 1. The molecule has 132 valence electrons. The zero-order valence-corrected chi connectivity index (χ0v) is 14.1. The maximum absolute atomic E-state index is 12.4. The number of hydrogen-bond donors (Lipinski definition) is 1. The van der Waals surface area contributed by atoms with E-state index in [4.69, 9.17) is 4.74 Å². The highest BCUT2D eigenvalue weighted by molar-refractivity contribution is 7.89. The third-order valence-electron chi connectivity index (χ3n) is 3.90. The van der Waals surface area contributed by atoms with Gasteiger partial charge in [0.25, 0.3) is 0 Å². The first-order valence-electron chi connectivity index (χ1n) is 7.18. The van der Waals surface area contributed by atoms with E-state index in [1.54, 1.807) is 0 Å². The van der Waals surface area contributed by atoms with E-state index in [9.17, 15) is 23.1 Å². The maximum atomic E-state index is 12.4. The first-order chi connectivity index (χ1) is 11.3. The SMILES string of the molecule is COC1CC(C(=O)O)N(C(=O)CN(C)S(=O)(=O)c2cccnc2)C1. The van der Waals surface area contributed by atoms with E-state index in [0.717, 1.165) is 9.21 Å². The van der Waals surface area contributed by atoms with Crippen molar-refractivity contribution in [2.45, 2.75) is 23.5 Å². The van der Waals surface area contributed by atoms with Crippen molar-refractivity contribution in [3.05, 3.63) is 24.5 Å². The molecule has 1 amide bonds. The molecule has 2 heterocycles. The minimum atomic E-state index is -3.88. The lowest BCUT2D eigenvalue weighted by Gasteiger charge is -2.24. The highest BCUT2D eigenvalue weighted by Gasteiger charge is 2.40. The van der Waals surface area contributed by atoms with Crippen molar-refractivity contribution in [2.75, 3.05) is 27.2 Å². The number of likely N-dealkylation sites (tertiary alicyclic amines) is 1. The number of carboxylic acids is 1. The molecule has 1 aliphatic rings. The molecular formula is C14H19N3O6S. The smallest absolute Gasteiger partial charge is 0.326 e. The summed E-state index contributed by atoms with van der Waals surface area (Å²) >= 11 is 0. The fourth-order valence-electron chi connectivity index (χ4n) is 2.52. The van der Waals surface area contributed by atoms with Crippen molar-refractivity contribution in [2.24, 2.45) is 0 Å². The molecule has 1 aromatic rings. The maximum Gasteiger partial charge on any atom is 0.326 e. The zero-order valence-electron chi connectivity index (χ0n) is 13.3. The fourth-order valence-corrected chi connectivity index (χ4v) is 3.61. The Morgan fingerprint density at radius 3 is 2.75 bits per heavy atom. The summed E-state index contributed by atoms with van der Waals surface area (Å²) in [6, 6.07) is 1.84. The first-order valence-corrected chi connectivity index (χ1v) is 8.62. The Bertz CT molecular complexity index is 708. The molecule has 24 heavy (non-hydrogen) atoms. The molecule has 1 aliphatic heterocycles. The van der Waals surface area contributed by atoms with Crippen LogP contribution in [0.2, 0.25) is 0 Å². The molecule has 10 heteroatoms. The number of rotatable bonds is 6. The predicted octanol–water partition coefficient (Wildman–Crippen LogP) is -0.597. The Labute approximate surface area is 139 Å². The van der Waals surface area contributed by atoms with Crippen LogP contribution in [-0.2, 0) is 24.3 Å². The summed E-state index contributed by atoms with van der Waals surface area (Å²) < 4.78 is 30.8. The normalized spacial score (nSPS) is 21.2. The van der Waals surface area contributed by atoms with Gasteiger partial charge in [0, 0.05) is 39.5 Å². The van der Waals surface area contributed by atoms with Gasteiger partial charge in [0.2, 0.25) is 15.9 Å². The van der Waals surface area contributed by atoms with Gasteiger partial charge in [-0.2, -0.15) is 4.31 Å². The average Bonchev–Trinajstić information content (AvgIpc) is 3.00. The van der Waals surface area contributed by atoms with Crippen LogP contribution in [-0.4, -0.2) is 79.0 Å². The van der Waals surface area contributed by atoms with Crippen LogP contribution < -0.4 is 0 Å². The fraction of sp³-hybridized carbons (Fsp3) is 0.500. The third kappa shape index (κ3) is 3.71. The van der Waals surface area contributed by atoms with Gasteiger partial charge in [-0.25, -0.2) is 13.2 Å². The lowest BCUT2D eigenvalue weighted by molar-refractivity contribution is -0.148. The minimum Gasteiger partial charge on any atom is -0.480 e. The third-order valence-corrected chi connectivity index (χ3v) is 5.69. The van der Waals surface area contributed by atoms with E-state index in [-0.39, 0.29) is 24.0 Å². The molecule has 0 bridgehead atoms. The summed E-state index contributed by atoms with van der Waals surface area (Å²) in [5.74, 6) is -1.72. The predicted molar refractivity (Wildman–Crippen MR) is 82.6 cm³/mol. The summed E-state index contributed by atoms with van der Waals surface area (Å²) in [5, 5.41) is 9.23. The lowest BCUT2D eigenvalue weighted by Crippen LogP contribution is -2.46. The van der Waals surface area contributed by atoms with Gasteiger partial charge in [-0.1, -0.05) is 0 Å². The second-order valence-corrected chi connectivity index (χ2v) is 7.49. The Kier molecular flexibility index (Phi) is 5.52. The molecule has 2 atom stereocenters. The highest BCUT2D eigenvalue weighted by atomic mass is 32.2. The van der Waals surface area contributed by atoms with Gasteiger partial charge < -0.3 is 14.7 Å². The van der Waals surface area contributed by atoms with Crippen molar-refractivity contribution in [3.63, 3.8) is 0 Å². The van der Waals surface area contributed by atoms with Crippen LogP contribution in [0, 0.1) is 0 Å². The summed E-state index contributed by atoms with van der Waals surface area (Å²) in [6.45, 7) is -0.343. The van der Waals surface area contributed by atoms with Gasteiger partial charge in [0.1, 0.15) is 10.9 Å². The first kappa shape index (κ1) is 18.3. The molecule has 2 rings (SSSR count). The van der Waals surface area contributed by atoms with Crippen molar-refractivity contribution in [1.82, 2.24) is 14.2 Å². The quantitative estimate of drug-likeness (QED) is 0.722. The number of pyridine rings is 1. The van der Waals surface area contributed by atoms with E-state index in [1.165, 1.54) is 38.7 Å². The summed E-state index contributed by atoms with van der Waals surface area (Å²) in [6.07, 6.45) is 2.43. The largest absolute Gasteiger partial charge is 0.480 e. The molecular weight excluding hydrogens is 338 g/mol. The van der Waals surface area contributed by atoms with Gasteiger partial charge in [0.05, 0.1) is 12.6 Å². The minimum absolute atomic E-state index is 0.0359. The molecule has 0 radical (unpaired) electrons. The van der Waals surface area contributed by atoms with E-state index in [2.05, 4.69) is 4.98 Å². The Balaban J connectivity index is 2.12. The van der Waals surface area contributed by atoms with Gasteiger partial charge >= 0.3 is 5.97 Å². The van der Waals surface area contributed by atoms with Crippen molar-refractivity contribution in [3.8, 4) is 0 Å². The number of carbonyl (C=O) groups is 2. The number of likely N-dealkylation sites (N-methyl/N-ethyl adjacent to an activating group) is 1. The van der Waals surface area contributed by atoms with Gasteiger partial charge in [-0.3, -0.25) is 9.78 Å². The number of methoxy groups -OCH3 is 1. The van der Waals surface area contributed by atoms with Crippen LogP contribution in [0.4, 0.5) is 0 Å². The molecule has 0 aliphatic carbocycles. The molecule has 1 aromatic heterocycles. The van der Waals surface area contributed by atoms with Crippen molar-refractivity contribution < 1.29 is 27.9 Å². The number of aliphatic carboxylic acids is 1. The topological polar surface area (TPSA) is 117 Å². The molecule has 1 fully saturated rings. The van der Waals surface area contributed by atoms with Crippen LogP contribution in [0.5, 0.6) is 0 Å². The Hall–Kier alpha value is -2.04. The van der Waals surface area contributed by atoms with E-state index in [1.807, 2.05) is 0 Å². The summed E-state index contributed by atoms with van der Waals surface area (Å²) in [4.78, 5) is 28.5. The number of carbonyl (C=O) groups excluding carboxylic acids is 1. The van der Waals surface area contributed by atoms with Crippen LogP contribution in [0.15, 0.2) is 29.4 Å². The summed E-state index contributed by atoms with van der Waals surface area (Å²) in [5.41, 5.74) is 0. The summed E-state index contributed by atoms with van der Waals surface area (Å²) in [7, 11) is -1.17. The van der Waals surface area contributed by atoms with Crippen molar-refractivity contribution in [1.29, 1.82) is 0 Å². The number of amides is 1. The average molecular weight is 357 g/mol. The van der Waals surface area contributed by atoms with Gasteiger partial charge in [-0.05, 0) is 12.1 Å². The Morgan fingerprint density at radius 2 is 2.21 bits per heavy atom. The van der Waals surface area contributed by atoms with Crippen LogP contribution in [0.25, 0.3) is 0 Å². The van der Waals surface area contributed by atoms with Crippen LogP contribution in [0.1, 0.15) is 6.42 Å². The lowest BCUT2D eigenvalue weighted by atomic mass is 10.2. The second-order valence-electron chi connectivity index (χ2n) is 5.44. The number of nitrogens with zero attached hydrogens (tertiary/aromatic N) is 3. The van der Waals surface area contributed by atoms with E-state index >= 15 is 0 Å². The molecule has 2 unspecified atom stereocenters. The van der Waals surface area contributed by atoms with Gasteiger partial charge in [-0.15, -0.1) is 0 Å². The number of carboxylic acid groups (broad SMARTS) is 1. The number of hydrogen-bond acceptors (Lipinski definition) is 6. The van der Waals surface area contributed by atoms with Crippen molar-refractivity contribution >= 4 is 21.9 Å². The highest BCUT2D eigenvalue weighted by Crippen LogP contribution is 2.21. The van der Waals surface area contributed by atoms with Crippen LogP contribution in [0.3, 0.4) is 0 Å². The van der Waals surface area contributed by atoms with E-state index < -0.39 is 34.5 Å². The Morgan fingerprint density at radius 1 is 1.50 bits per heavy atom. The number of sulfonamides is 1. The second kappa shape index (κ2) is 7.24. The molecule has 1 saturated heterocycles. The molecule has 0 aromatic carbocycles. The standard InChI is InChI=1S/C14H19N3O6S/c1-16(24(21,22)11-4-3-5-15-7-11)9-13(18)17-8-10(23-2)6-12(17)14(19)20/h3-5,7,10,12H,6,8-9H2,1-2H3,(H,19,20). The molecule has 1 N–H and O–H groups in total. The van der Waals surface area contributed by atoms with Crippen LogP contribution >= 0.6 is 0 Å². The zero-order chi connectivity index (χ0) is 17.9. The molecule has 0 saturated carbocycles. The van der Waals surface area contributed by atoms with Gasteiger partial charge in [0.15, 0.2) is 0 Å². The van der Waals surface area contributed by atoms with E-state index in [0.29, 0.717) is 0 Å². The molecule has 9 nitrogen and oxygen atoms in total. The number of ether oxygens (including phenoxy) is 1. The monoisotopic (exact) mass is 357 g/mol.